The summed E-state index contributed by atoms with van der Waals surface area (Å²) >= 11 is 0. The summed E-state index contributed by atoms with van der Waals surface area (Å²) in [5.41, 5.74) is 22.8. The van der Waals surface area contributed by atoms with Gasteiger partial charge < -0.3 is 23.5 Å². The van der Waals surface area contributed by atoms with Gasteiger partial charge in [0.25, 0.3) is 6.71 Å². The van der Waals surface area contributed by atoms with E-state index in [1.54, 1.807) is 16.7 Å². The number of para-hydroxylation sites is 4. The highest BCUT2D eigenvalue weighted by Gasteiger charge is 2.45. The smallest absolute Gasteiger partial charge is 0.252 e. The van der Waals surface area contributed by atoms with Crippen molar-refractivity contribution in [3.63, 3.8) is 0 Å². The second kappa shape index (κ2) is 24.6. The maximum absolute atomic E-state index is 11.6. The van der Waals surface area contributed by atoms with Gasteiger partial charge in [-0.15, -0.1) is 0 Å². The van der Waals surface area contributed by atoms with Gasteiger partial charge in [0.15, 0.2) is 0 Å². The van der Waals surface area contributed by atoms with Gasteiger partial charge in [0.1, 0.15) is 6.07 Å². The van der Waals surface area contributed by atoms with E-state index in [1.165, 1.54) is 11.1 Å². The van der Waals surface area contributed by atoms with Crippen LogP contribution in [0.25, 0.3) is 116 Å². The summed E-state index contributed by atoms with van der Waals surface area (Å²) in [5.74, 6) is 0. The fourth-order valence-electron chi connectivity index (χ4n) is 17.0. The normalized spacial score (nSPS) is 14.7. The summed E-state index contributed by atoms with van der Waals surface area (Å²) in [7, 11) is 0. The number of aromatic nitrogens is 3. The van der Waals surface area contributed by atoms with E-state index < -0.39 is 61.9 Å². The van der Waals surface area contributed by atoms with Crippen molar-refractivity contribution in [1.29, 1.82) is 5.26 Å². The summed E-state index contributed by atoms with van der Waals surface area (Å²) in [6, 6.07) is 83.7. The quantitative estimate of drug-likeness (QED) is 0.142. The fraction of sp³-hybridized carbons (Fsp3) is 0.167. The van der Waals surface area contributed by atoms with Gasteiger partial charge in [-0.3, -0.25) is 0 Å². The Labute approximate surface area is 655 Å². The molecule has 6 nitrogen and oxygen atoms in total. The number of nitrogens with zero attached hydrogens (tertiary/aromatic N) is 6. The number of anilines is 6. The van der Waals surface area contributed by atoms with E-state index in [0.29, 0.717) is 28.3 Å². The van der Waals surface area contributed by atoms with Crippen LogP contribution in [-0.2, 0) is 21.7 Å². The van der Waals surface area contributed by atoms with Crippen LogP contribution in [0.5, 0.6) is 0 Å². The van der Waals surface area contributed by atoms with Gasteiger partial charge in [-0.2, -0.15) is 5.26 Å². The van der Waals surface area contributed by atoms with Crippen LogP contribution in [0.15, 0.2) is 291 Å². The molecule has 19 rings (SSSR count). The molecule has 0 bridgehead atoms. The Morgan fingerprint density at radius 3 is 1.27 bits per heavy atom. The zero-order valence-corrected chi connectivity index (χ0v) is 63.4. The highest BCUT2D eigenvalue weighted by Crippen LogP contribution is 2.51. The largest absolute Gasteiger partial charge is 0.311 e. The topological polar surface area (TPSA) is 45.1 Å². The van der Waals surface area contributed by atoms with Crippen molar-refractivity contribution >= 4 is 123 Å². The lowest BCUT2D eigenvalue weighted by Crippen LogP contribution is -2.61. The molecule has 0 saturated heterocycles. The van der Waals surface area contributed by atoms with E-state index in [9.17, 15) is 13.5 Å². The third-order valence-electron chi connectivity index (χ3n) is 22.8. The molecule has 0 amide bonds. The average molecular weight is 1420 g/mol. The van der Waals surface area contributed by atoms with Crippen LogP contribution in [0.4, 0.5) is 34.1 Å². The molecule has 0 spiro atoms. The van der Waals surface area contributed by atoms with Crippen LogP contribution in [0, 0.1) is 18.2 Å². The summed E-state index contributed by atoms with van der Waals surface area (Å²) in [5, 5.41) is 15.8. The van der Waals surface area contributed by atoms with Crippen molar-refractivity contribution in [3.8, 4) is 56.5 Å². The molecule has 5 heterocycles. The predicted molar refractivity (Wildman–Crippen MR) is 464 cm³/mol. The van der Waals surface area contributed by atoms with Crippen molar-refractivity contribution in [1.82, 2.24) is 13.7 Å². The Morgan fingerprint density at radius 1 is 0.312 bits per heavy atom. The minimum Gasteiger partial charge on any atom is -0.311 e. The first-order chi connectivity index (χ1) is 57.0. The Hall–Kier alpha value is -12.4. The monoisotopic (exact) mass is 1420 g/mol. The summed E-state index contributed by atoms with van der Waals surface area (Å²) in [6.07, 6.45) is 0. The van der Waals surface area contributed by atoms with Crippen molar-refractivity contribution < 1.29 is 15.1 Å². The molecule has 17 aromatic rings. The average Bonchev–Trinajstić information content (AvgIpc) is 1.69. The molecule has 0 N–H and O–H groups in total. The predicted octanol–water partition coefficient (Wildman–Crippen LogP) is 25.4. The first kappa shape index (κ1) is 56.0. The maximum Gasteiger partial charge on any atom is 0.252 e. The van der Waals surface area contributed by atoms with Crippen LogP contribution in [-0.4, -0.2) is 20.4 Å². The minimum absolute atomic E-state index is 0.0125. The number of nitriles is 1. The molecule has 109 heavy (non-hydrogen) atoms. The number of benzene rings is 14. The number of aryl methyl sites for hydroxylation is 1. The SMILES string of the molecule is [2H]c1c([2H])c([2H])c2c(c1[2H])c1c([2H])c([2H])c([2H])c([2H])c1n2-c1ccc2c(c1)N(c1ccc(C#N)c(-n3c4ccccc4c4ccccc43)c1)c1cc(-c3cc(C(C)(C)C)cc(C(C)(C)C)c3)cc3c1B2c1ccc(-n2c4ccc(C(C)(C)C)cc4c4cc(C(C)(C)C)ccc42)cc1N3c1cc(-c2ccccc2)cc(-c2ccc(C([2H])([2H])[2H])cc2)c1. The highest BCUT2D eigenvalue weighted by molar-refractivity contribution is 7.00. The fourth-order valence-corrected chi connectivity index (χ4v) is 17.0. The number of hydrogen-bond donors (Lipinski definition) is 0. The summed E-state index contributed by atoms with van der Waals surface area (Å²) in [6.45, 7) is 24.1. The molecule has 3 aromatic heterocycles. The molecular formula is C102H87BN6. The number of rotatable bonds is 8. The van der Waals surface area contributed by atoms with Crippen molar-refractivity contribution in [2.24, 2.45) is 0 Å². The molecule has 0 aliphatic carbocycles. The van der Waals surface area contributed by atoms with Gasteiger partial charge >= 0.3 is 0 Å². The van der Waals surface area contributed by atoms with Crippen molar-refractivity contribution in [3.05, 3.63) is 324 Å². The van der Waals surface area contributed by atoms with Gasteiger partial charge in [-0.05, 0) is 222 Å². The standard InChI is InChI=1S/C102H87BN6/c1-63-35-37-65(38-36-63)68-49-67(64-25-15-14-16-26-64)52-78(53-68)108-95-61-77(106-91-47-40-71(99(2,3)4)57-83(91)84-58-72(100(5,6)7)41-48-92(84)106)44-46-86(95)103-85-45-43-76(105-87-31-21-17-27-79(87)80-28-18-22-32-88(80)105)60-94(85)107(96-54-70(55-97(108)98(96)103)69-50-73(101(8,9)10)56-74(51-69)102(11,12)13)75-42-39-66(62-104)93(59-75)109-89-33-23-19-29-81(89)82-30-20-24-34-90(82)109/h14-61H,1-13H3/i1D3,17D,18D,21D,22D,27D,28D,31D,32D. The Bertz CT molecular complexity index is 7090. The molecule has 0 unspecified atom stereocenters. The van der Waals surface area contributed by atoms with E-state index in [-0.39, 0.29) is 49.0 Å². The van der Waals surface area contributed by atoms with E-state index in [1.807, 2.05) is 78.9 Å². The minimum atomic E-state index is -2.34. The van der Waals surface area contributed by atoms with Gasteiger partial charge in [-0.25, -0.2) is 0 Å². The van der Waals surface area contributed by atoms with Crippen LogP contribution in [0.1, 0.15) is 132 Å². The third-order valence-corrected chi connectivity index (χ3v) is 22.8. The van der Waals surface area contributed by atoms with Crippen LogP contribution in [0.2, 0.25) is 0 Å². The zero-order chi connectivity index (χ0) is 84.4. The molecule has 14 aromatic carbocycles. The summed E-state index contributed by atoms with van der Waals surface area (Å²) in [4.78, 5) is 4.70. The summed E-state index contributed by atoms with van der Waals surface area (Å²) < 4.78 is 107. The molecular weight excluding hydrogens is 1320 g/mol. The zero-order valence-electron chi connectivity index (χ0n) is 74.4. The first-order valence-corrected chi connectivity index (χ1v) is 37.6. The lowest BCUT2D eigenvalue weighted by Gasteiger charge is -2.45. The molecule has 0 fully saturated rings. The highest BCUT2D eigenvalue weighted by atomic mass is 15.2. The van der Waals surface area contributed by atoms with Gasteiger partial charge in [0.2, 0.25) is 0 Å². The van der Waals surface area contributed by atoms with Crippen molar-refractivity contribution in [2.75, 3.05) is 9.80 Å². The van der Waals surface area contributed by atoms with E-state index >= 15 is 0 Å². The van der Waals surface area contributed by atoms with Crippen LogP contribution < -0.4 is 26.2 Å². The Kier molecular flexibility index (Phi) is 12.6. The number of hydrogen-bond acceptors (Lipinski definition) is 3. The Morgan fingerprint density at radius 2 is 0.752 bits per heavy atom. The van der Waals surface area contributed by atoms with Crippen LogP contribution in [0.3, 0.4) is 0 Å². The third kappa shape index (κ3) is 11.0. The Balaban J connectivity index is 0.995. The van der Waals surface area contributed by atoms with Crippen LogP contribution >= 0.6 is 0 Å². The second-order valence-corrected chi connectivity index (χ2v) is 33.8. The molecule has 528 valence electrons. The lowest BCUT2D eigenvalue weighted by atomic mass is 9.33. The maximum atomic E-state index is 11.6. The van der Waals surface area contributed by atoms with E-state index in [4.69, 9.17) is 6.85 Å². The lowest BCUT2D eigenvalue weighted by molar-refractivity contribution is 0.569. The molecule has 7 heteroatoms. The molecule has 0 atom stereocenters. The van der Waals surface area contributed by atoms with Crippen molar-refractivity contribution in [2.45, 2.75) is 112 Å². The van der Waals surface area contributed by atoms with Gasteiger partial charge in [0.05, 0.1) is 55.3 Å². The van der Waals surface area contributed by atoms with Gasteiger partial charge in [-0.1, -0.05) is 258 Å². The molecule has 0 saturated carbocycles. The van der Waals surface area contributed by atoms with E-state index in [0.717, 1.165) is 133 Å². The molecule has 0 radical (unpaired) electrons. The second-order valence-electron chi connectivity index (χ2n) is 33.8. The number of fused-ring (bicyclic) bond motifs is 13. The first-order valence-electron chi connectivity index (χ1n) is 43.1. The molecule has 2 aliphatic heterocycles. The molecule has 2 aliphatic rings. The van der Waals surface area contributed by atoms with Gasteiger partial charge in [0, 0.05) is 81.9 Å². The van der Waals surface area contributed by atoms with E-state index in [2.05, 4.69) is 260 Å².